The lowest BCUT2D eigenvalue weighted by Gasteiger charge is -2.06. The summed E-state index contributed by atoms with van der Waals surface area (Å²) in [5.41, 5.74) is 0.206. The molecule has 0 saturated heterocycles. The topological polar surface area (TPSA) is 111 Å². The Labute approximate surface area is 168 Å². The van der Waals surface area contributed by atoms with Crippen molar-refractivity contribution in [1.29, 1.82) is 0 Å². The molecule has 2 aromatic carbocycles. The average Bonchev–Trinajstić information content (AvgIpc) is 3.10. The largest absolute Gasteiger partial charge is 0.456 e. The molecule has 0 fully saturated rings. The number of aromatic nitrogens is 1. The Morgan fingerprint density at radius 2 is 2.03 bits per heavy atom. The zero-order chi connectivity index (χ0) is 20.8. The predicted octanol–water partition coefficient (Wildman–Crippen LogP) is 3.85. The Morgan fingerprint density at radius 3 is 2.79 bits per heavy atom. The standard InChI is InChI=1S/C19H16FN3O5S/c20-13-9-8-12(10-15(13)23(26)27)21-17(24)11-28-19(25)7-3-6-18-22-14-4-1-2-5-16(14)29-18/h1-2,4-5,8-10H,3,6-7,11H2,(H,21,24). The highest BCUT2D eigenvalue weighted by atomic mass is 32.1. The van der Waals surface area contributed by atoms with Gasteiger partial charge in [0.1, 0.15) is 0 Å². The number of benzene rings is 2. The van der Waals surface area contributed by atoms with Crippen LogP contribution in [0.1, 0.15) is 17.8 Å². The third-order valence-electron chi connectivity index (χ3n) is 3.90. The number of thiazole rings is 1. The molecular formula is C19H16FN3O5S. The van der Waals surface area contributed by atoms with Crippen LogP contribution in [0.2, 0.25) is 0 Å². The number of hydrogen-bond acceptors (Lipinski definition) is 7. The first-order valence-corrected chi connectivity index (χ1v) is 9.48. The molecule has 0 aliphatic rings. The number of nitro groups is 1. The van der Waals surface area contributed by atoms with Crippen molar-refractivity contribution in [3.63, 3.8) is 0 Å². The minimum absolute atomic E-state index is 0.0370. The number of nitrogens with zero attached hydrogens (tertiary/aromatic N) is 2. The lowest BCUT2D eigenvalue weighted by molar-refractivity contribution is -0.387. The second kappa shape index (κ2) is 9.20. The number of hydrogen-bond donors (Lipinski definition) is 1. The van der Waals surface area contributed by atoms with Gasteiger partial charge in [-0.05, 0) is 37.1 Å². The fraction of sp³-hybridized carbons (Fsp3) is 0.211. The van der Waals surface area contributed by atoms with Crippen LogP contribution in [0.15, 0.2) is 42.5 Å². The quantitative estimate of drug-likeness (QED) is 0.339. The number of amides is 1. The summed E-state index contributed by atoms with van der Waals surface area (Å²) in [6.07, 6.45) is 1.29. The van der Waals surface area contributed by atoms with Crippen LogP contribution < -0.4 is 5.32 Å². The zero-order valence-electron chi connectivity index (χ0n) is 15.1. The van der Waals surface area contributed by atoms with E-state index in [-0.39, 0.29) is 12.1 Å². The van der Waals surface area contributed by atoms with Gasteiger partial charge in [0.2, 0.25) is 5.82 Å². The molecule has 3 aromatic rings. The van der Waals surface area contributed by atoms with Crippen molar-refractivity contribution >= 4 is 44.8 Å². The van der Waals surface area contributed by atoms with Crippen molar-refractivity contribution < 1.29 is 23.6 Å². The molecule has 0 radical (unpaired) electrons. The number of carbonyl (C=O) groups is 2. The summed E-state index contributed by atoms with van der Waals surface area (Å²) >= 11 is 1.57. The summed E-state index contributed by atoms with van der Waals surface area (Å²) in [5.74, 6) is -2.22. The second-order valence-corrected chi connectivity index (χ2v) is 7.18. The monoisotopic (exact) mass is 417 g/mol. The van der Waals surface area contributed by atoms with Crippen molar-refractivity contribution in [2.75, 3.05) is 11.9 Å². The average molecular weight is 417 g/mol. The smallest absolute Gasteiger partial charge is 0.306 e. The van der Waals surface area contributed by atoms with Gasteiger partial charge in [-0.3, -0.25) is 19.7 Å². The molecule has 0 aliphatic heterocycles. The number of para-hydroxylation sites is 1. The number of carbonyl (C=O) groups excluding carboxylic acids is 2. The molecule has 0 atom stereocenters. The molecule has 0 spiro atoms. The van der Waals surface area contributed by atoms with Gasteiger partial charge in [-0.2, -0.15) is 4.39 Å². The number of nitrogens with one attached hydrogen (secondary N) is 1. The van der Waals surface area contributed by atoms with Gasteiger partial charge in [-0.1, -0.05) is 12.1 Å². The van der Waals surface area contributed by atoms with Crippen molar-refractivity contribution in [2.24, 2.45) is 0 Å². The summed E-state index contributed by atoms with van der Waals surface area (Å²) in [6.45, 7) is -0.537. The Hall–Kier alpha value is -3.40. The predicted molar refractivity (Wildman–Crippen MR) is 105 cm³/mol. The number of ether oxygens (including phenoxy) is 1. The lowest BCUT2D eigenvalue weighted by Crippen LogP contribution is -2.21. The van der Waals surface area contributed by atoms with E-state index in [2.05, 4.69) is 10.3 Å². The second-order valence-electron chi connectivity index (χ2n) is 6.06. The van der Waals surface area contributed by atoms with Gasteiger partial charge in [0.25, 0.3) is 5.91 Å². The SMILES string of the molecule is O=C(COC(=O)CCCc1nc2ccccc2s1)Nc1ccc(F)c([N+](=O)[O-])c1. The van der Waals surface area contributed by atoms with E-state index < -0.39 is 34.9 Å². The molecule has 29 heavy (non-hydrogen) atoms. The summed E-state index contributed by atoms with van der Waals surface area (Å²) in [5, 5.41) is 14.0. The van der Waals surface area contributed by atoms with Gasteiger partial charge >= 0.3 is 11.7 Å². The summed E-state index contributed by atoms with van der Waals surface area (Å²) < 4.78 is 19.3. The molecule has 1 aromatic heterocycles. The molecule has 0 bridgehead atoms. The third kappa shape index (κ3) is 5.55. The van der Waals surface area contributed by atoms with Gasteiger partial charge in [0.15, 0.2) is 6.61 Å². The number of anilines is 1. The minimum Gasteiger partial charge on any atom is -0.456 e. The number of esters is 1. The van der Waals surface area contributed by atoms with Crippen LogP contribution in [0.3, 0.4) is 0 Å². The Balaban J connectivity index is 1.41. The van der Waals surface area contributed by atoms with Crippen LogP contribution >= 0.6 is 11.3 Å². The van der Waals surface area contributed by atoms with Gasteiger partial charge in [0, 0.05) is 18.2 Å². The number of nitro benzene ring substituents is 1. The molecule has 0 saturated carbocycles. The maximum absolute atomic E-state index is 13.3. The number of rotatable bonds is 8. The fourth-order valence-corrected chi connectivity index (χ4v) is 3.57. The summed E-state index contributed by atoms with van der Waals surface area (Å²) in [6, 6.07) is 10.7. The molecule has 8 nitrogen and oxygen atoms in total. The van der Waals surface area contributed by atoms with Crippen molar-refractivity contribution in [2.45, 2.75) is 19.3 Å². The van der Waals surface area contributed by atoms with Crippen molar-refractivity contribution in [3.8, 4) is 0 Å². The van der Waals surface area contributed by atoms with E-state index in [0.29, 0.717) is 12.8 Å². The molecule has 150 valence electrons. The van der Waals surface area contributed by atoms with Crippen LogP contribution in [0, 0.1) is 15.9 Å². The zero-order valence-corrected chi connectivity index (χ0v) is 15.9. The van der Waals surface area contributed by atoms with E-state index in [1.165, 1.54) is 6.07 Å². The molecule has 3 rings (SSSR count). The van der Waals surface area contributed by atoms with E-state index in [4.69, 9.17) is 4.74 Å². The summed E-state index contributed by atoms with van der Waals surface area (Å²) in [4.78, 5) is 37.9. The first-order valence-electron chi connectivity index (χ1n) is 8.66. The van der Waals surface area contributed by atoms with Gasteiger partial charge in [0.05, 0.1) is 20.1 Å². The van der Waals surface area contributed by atoms with Gasteiger partial charge in [-0.15, -0.1) is 11.3 Å². The molecular weight excluding hydrogens is 401 g/mol. The first kappa shape index (κ1) is 20.3. The van der Waals surface area contributed by atoms with Crippen LogP contribution in [-0.2, 0) is 20.7 Å². The van der Waals surface area contributed by atoms with Crippen LogP contribution in [-0.4, -0.2) is 28.4 Å². The van der Waals surface area contributed by atoms with Gasteiger partial charge in [-0.25, -0.2) is 4.98 Å². The normalized spacial score (nSPS) is 10.7. The van der Waals surface area contributed by atoms with Crippen molar-refractivity contribution in [1.82, 2.24) is 4.98 Å². The highest BCUT2D eigenvalue weighted by Gasteiger charge is 2.16. The molecule has 0 unspecified atom stereocenters. The van der Waals surface area contributed by atoms with E-state index in [9.17, 15) is 24.1 Å². The Bertz CT molecular complexity index is 1040. The third-order valence-corrected chi connectivity index (χ3v) is 5.00. The van der Waals surface area contributed by atoms with Gasteiger partial charge < -0.3 is 10.1 Å². The first-order chi connectivity index (χ1) is 13.9. The Morgan fingerprint density at radius 1 is 1.24 bits per heavy atom. The summed E-state index contributed by atoms with van der Waals surface area (Å²) in [7, 11) is 0. The van der Waals surface area contributed by atoms with E-state index in [0.717, 1.165) is 27.4 Å². The number of halogens is 1. The number of aryl methyl sites for hydroxylation is 1. The van der Waals surface area contributed by atoms with E-state index in [1.54, 1.807) is 11.3 Å². The van der Waals surface area contributed by atoms with Crippen LogP contribution in [0.4, 0.5) is 15.8 Å². The highest BCUT2D eigenvalue weighted by molar-refractivity contribution is 7.18. The van der Waals surface area contributed by atoms with Crippen LogP contribution in [0.5, 0.6) is 0 Å². The molecule has 10 heteroatoms. The molecule has 0 aliphatic carbocycles. The number of fused-ring (bicyclic) bond motifs is 1. The highest BCUT2D eigenvalue weighted by Crippen LogP contribution is 2.23. The minimum atomic E-state index is -1.01. The van der Waals surface area contributed by atoms with E-state index >= 15 is 0 Å². The lowest BCUT2D eigenvalue weighted by atomic mass is 10.2. The van der Waals surface area contributed by atoms with E-state index in [1.807, 2.05) is 24.3 Å². The maximum Gasteiger partial charge on any atom is 0.306 e. The molecule has 1 heterocycles. The molecule has 1 N–H and O–H groups in total. The molecule has 1 amide bonds. The van der Waals surface area contributed by atoms with Crippen molar-refractivity contribution in [3.05, 3.63) is 63.4 Å². The Kier molecular flexibility index (Phi) is 6.45. The maximum atomic E-state index is 13.3. The van der Waals surface area contributed by atoms with Crippen LogP contribution in [0.25, 0.3) is 10.2 Å². The fourth-order valence-electron chi connectivity index (χ4n) is 2.56.